The number of hydrogen-bond donors (Lipinski definition) is 1. The molecule has 2 aliphatic rings. The van der Waals surface area contributed by atoms with Gasteiger partial charge >= 0.3 is 12.2 Å². The number of nitrogens with zero attached hydrogens (tertiary/aromatic N) is 2. The number of urea groups is 1. The molecule has 0 unspecified atom stereocenters. The highest BCUT2D eigenvalue weighted by Gasteiger charge is 2.34. The largest absolute Gasteiger partial charge is 0.418 e. The lowest BCUT2D eigenvalue weighted by Gasteiger charge is -2.34. The first kappa shape index (κ1) is 20.5. The molecule has 8 heteroatoms. The molecule has 2 saturated heterocycles. The van der Waals surface area contributed by atoms with Crippen LogP contribution in [0.15, 0.2) is 24.3 Å². The maximum Gasteiger partial charge on any atom is 0.418 e. The third-order valence-corrected chi connectivity index (χ3v) is 5.55. The molecule has 2 aliphatic heterocycles. The van der Waals surface area contributed by atoms with Crippen molar-refractivity contribution in [3.8, 4) is 0 Å². The second-order valence-electron chi connectivity index (χ2n) is 7.55. The van der Waals surface area contributed by atoms with E-state index < -0.39 is 17.8 Å². The van der Waals surface area contributed by atoms with E-state index in [1.165, 1.54) is 29.5 Å². The fourth-order valence-electron chi connectivity index (χ4n) is 3.89. The summed E-state index contributed by atoms with van der Waals surface area (Å²) in [7, 11) is 0. The van der Waals surface area contributed by atoms with Gasteiger partial charge in [0.1, 0.15) is 0 Å². The van der Waals surface area contributed by atoms with Gasteiger partial charge < -0.3 is 15.1 Å². The van der Waals surface area contributed by atoms with Crippen LogP contribution in [0.2, 0.25) is 0 Å². The van der Waals surface area contributed by atoms with E-state index in [1.807, 2.05) is 4.90 Å². The Morgan fingerprint density at radius 3 is 2.25 bits per heavy atom. The van der Waals surface area contributed by atoms with E-state index >= 15 is 0 Å². The molecule has 1 N–H and O–H groups in total. The van der Waals surface area contributed by atoms with Crippen molar-refractivity contribution in [3.05, 3.63) is 29.8 Å². The maximum absolute atomic E-state index is 13.1. The molecular formula is C20H26F3N3O2. The number of hydrogen-bond acceptors (Lipinski definition) is 2. The molecule has 0 saturated carbocycles. The van der Waals surface area contributed by atoms with Crippen LogP contribution in [-0.2, 0) is 11.0 Å². The van der Waals surface area contributed by atoms with Gasteiger partial charge in [-0.3, -0.25) is 4.79 Å². The lowest BCUT2D eigenvalue weighted by atomic mass is 9.92. The second-order valence-corrected chi connectivity index (χ2v) is 7.55. The molecule has 2 heterocycles. The summed E-state index contributed by atoms with van der Waals surface area (Å²) in [5.41, 5.74) is -1.09. The van der Waals surface area contributed by atoms with Gasteiger partial charge in [-0.1, -0.05) is 12.1 Å². The molecule has 0 atom stereocenters. The average Bonchev–Trinajstić information content (AvgIpc) is 2.69. The molecule has 0 radical (unpaired) electrons. The SMILES string of the molecule is O=C(CC1CCN(C(=O)Nc2ccccc2C(F)(F)F)CC1)N1CCCCC1. The van der Waals surface area contributed by atoms with E-state index in [-0.39, 0.29) is 17.5 Å². The van der Waals surface area contributed by atoms with E-state index in [0.717, 1.165) is 32.0 Å². The molecule has 3 amide bonds. The van der Waals surface area contributed by atoms with E-state index in [1.54, 1.807) is 0 Å². The van der Waals surface area contributed by atoms with Crippen molar-refractivity contribution < 1.29 is 22.8 Å². The summed E-state index contributed by atoms with van der Waals surface area (Å²) in [6, 6.07) is 4.43. The Balaban J connectivity index is 1.50. The molecule has 2 fully saturated rings. The maximum atomic E-state index is 13.1. The first-order chi connectivity index (χ1) is 13.3. The average molecular weight is 397 g/mol. The molecule has 0 bridgehead atoms. The summed E-state index contributed by atoms with van der Waals surface area (Å²) in [5.74, 6) is 0.405. The van der Waals surface area contributed by atoms with Crippen LogP contribution in [0, 0.1) is 5.92 Å². The Hall–Kier alpha value is -2.25. The van der Waals surface area contributed by atoms with Crippen LogP contribution in [0.4, 0.5) is 23.7 Å². The number of carbonyl (C=O) groups is 2. The molecule has 1 aromatic rings. The number of anilines is 1. The standard InChI is InChI=1S/C20H26F3N3O2/c21-20(22,23)16-6-2-3-7-17(16)24-19(28)26-12-8-15(9-13-26)14-18(27)25-10-4-1-5-11-25/h2-3,6-7,15H,1,4-5,8-14H2,(H,24,28). The van der Waals surface area contributed by atoms with Crippen molar-refractivity contribution in [2.75, 3.05) is 31.5 Å². The number of halogens is 3. The van der Waals surface area contributed by atoms with Crippen LogP contribution in [0.1, 0.15) is 44.1 Å². The Morgan fingerprint density at radius 2 is 1.61 bits per heavy atom. The van der Waals surface area contributed by atoms with E-state index in [0.29, 0.717) is 32.4 Å². The second kappa shape index (κ2) is 8.84. The molecule has 0 aliphatic carbocycles. The molecule has 154 valence electrons. The smallest absolute Gasteiger partial charge is 0.343 e. The van der Waals surface area contributed by atoms with Crippen LogP contribution >= 0.6 is 0 Å². The van der Waals surface area contributed by atoms with Crippen molar-refractivity contribution in [2.45, 2.75) is 44.7 Å². The quantitative estimate of drug-likeness (QED) is 0.824. The van der Waals surface area contributed by atoms with E-state index in [4.69, 9.17) is 0 Å². The Labute approximate surface area is 162 Å². The zero-order chi connectivity index (χ0) is 20.1. The van der Waals surface area contributed by atoms with Crippen molar-refractivity contribution in [2.24, 2.45) is 5.92 Å². The van der Waals surface area contributed by atoms with Crippen molar-refractivity contribution >= 4 is 17.6 Å². The van der Waals surface area contributed by atoms with Gasteiger partial charge in [0.05, 0.1) is 11.3 Å². The fraction of sp³-hybridized carbons (Fsp3) is 0.600. The van der Waals surface area contributed by atoms with Crippen molar-refractivity contribution in [3.63, 3.8) is 0 Å². The van der Waals surface area contributed by atoms with E-state index in [2.05, 4.69) is 5.32 Å². The normalized spacial score (nSPS) is 18.8. The first-order valence-corrected chi connectivity index (χ1v) is 9.84. The molecule has 3 rings (SSSR count). The topological polar surface area (TPSA) is 52.7 Å². The number of alkyl halides is 3. The molecular weight excluding hydrogens is 371 g/mol. The minimum atomic E-state index is -4.52. The number of benzene rings is 1. The van der Waals surface area contributed by atoms with Crippen LogP contribution in [0.5, 0.6) is 0 Å². The van der Waals surface area contributed by atoms with E-state index in [9.17, 15) is 22.8 Å². The van der Waals surface area contributed by atoms with Crippen LogP contribution in [-0.4, -0.2) is 47.9 Å². The Bertz CT molecular complexity index is 694. The Kier molecular flexibility index (Phi) is 6.46. The summed E-state index contributed by atoms with van der Waals surface area (Å²) in [6.07, 6.45) is 0.641. The van der Waals surface area contributed by atoms with Crippen LogP contribution in [0.25, 0.3) is 0 Å². The number of nitrogens with one attached hydrogen (secondary N) is 1. The molecule has 28 heavy (non-hydrogen) atoms. The van der Waals surface area contributed by atoms with Gasteiger partial charge in [-0.2, -0.15) is 13.2 Å². The third-order valence-electron chi connectivity index (χ3n) is 5.55. The highest BCUT2D eigenvalue weighted by molar-refractivity contribution is 5.90. The number of carbonyl (C=O) groups excluding carboxylic acids is 2. The Morgan fingerprint density at radius 1 is 0.964 bits per heavy atom. The van der Waals surface area contributed by atoms with Crippen molar-refractivity contribution in [1.82, 2.24) is 9.80 Å². The summed E-state index contributed by atoms with van der Waals surface area (Å²) in [6.45, 7) is 2.55. The minimum absolute atomic E-state index is 0.182. The van der Waals surface area contributed by atoms with Gasteiger partial charge in [0.2, 0.25) is 5.91 Å². The highest BCUT2D eigenvalue weighted by atomic mass is 19.4. The highest BCUT2D eigenvalue weighted by Crippen LogP contribution is 2.34. The lowest BCUT2D eigenvalue weighted by Crippen LogP contribution is -2.43. The third kappa shape index (κ3) is 5.17. The zero-order valence-corrected chi connectivity index (χ0v) is 15.8. The monoisotopic (exact) mass is 397 g/mol. The lowest BCUT2D eigenvalue weighted by molar-refractivity contribution is -0.137. The molecule has 1 aromatic carbocycles. The molecule has 5 nitrogen and oxygen atoms in total. The zero-order valence-electron chi connectivity index (χ0n) is 15.8. The van der Waals surface area contributed by atoms with Gasteiger partial charge in [0.25, 0.3) is 0 Å². The number of likely N-dealkylation sites (tertiary alicyclic amines) is 2. The summed E-state index contributed by atoms with van der Waals surface area (Å²) >= 11 is 0. The molecule has 0 aromatic heterocycles. The summed E-state index contributed by atoms with van der Waals surface area (Å²) in [4.78, 5) is 28.2. The summed E-state index contributed by atoms with van der Waals surface area (Å²) in [5, 5.41) is 2.39. The predicted octanol–water partition coefficient (Wildman–Crippen LogP) is 4.35. The fourth-order valence-corrected chi connectivity index (χ4v) is 3.89. The number of para-hydroxylation sites is 1. The first-order valence-electron chi connectivity index (χ1n) is 9.84. The summed E-state index contributed by atoms with van der Waals surface area (Å²) < 4.78 is 39.2. The van der Waals surface area contributed by atoms with Crippen molar-refractivity contribution in [1.29, 1.82) is 0 Å². The minimum Gasteiger partial charge on any atom is -0.343 e. The number of rotatable bonds is 3. The van der Waals surface area contributed by atoms with Gasteiger partial charge in [-0.05, 0) is 50.2 Å². The van der Waals surface area contributed by atoms with Gasteiger partial charge in [0.15, 0.2) is 0 Å². The predicted molar refractivity (Wildman–Crippen MR) is 99.8 cm³/mol. The van der Waals surface area contributed by atoms with Gasteiger partial charge in [-0.25, -0.2) is 4.79 Å². The van der Waals surface area contributed by atoms with Gasteiger partial charge in [0, 0.05) is 32.6 Å². The van der Waals surface area contributed by atoms with Crippen LogP contribution in [0.3, 0.4) is 0 Å². The van der Waals surface area contributed by atoms with Crippen LogP contribution < -0.4 is 5.32 Å². The number of piperidine rings is 2. The van der Waals surface area contributed by atoms with Gasteiger partial charge in [-0.15, -0.1) is 0 Å². The number of amides is 3. The molecule has 0 spiro atoms.